The molecule has 0 saturated carbocycles. The molecular formula is C17H29BrO2Si. The lowest BCUT2D eigenvalue weighted by molar-refractivity contribution is 0.191. The van der Waals surface area contributed by atoms with Crippen LogP contribution in [0.1, 0.15) is 51.5 Å². The molecule has 0 unspecified atom stereocenters. The van der Waals surface area contributed by atoms with Gasteiger partial charge in [-0.25, -0.2) is 0 Å². The molecule has 0 aliphatic carbocycles. The first-order valence-electron chi connectivity index (χ1n) is 8.24. The third kappa shape index (κ3) is 9.45. The molecule has 0 spiro atoms. The summed E-state index contributed by atoms with van der Waals surface area (Å²) in [6.07, 6.45) is 6.93. The highest BCUT2D eigenvalue weighted by molar-refractivity contribution is 9.10. The van der Waals surface area contributed by atoms with Crippen LogP contribution in [0.15, 0.2) is 28.7 Å². The van der Waals surface area contributed by atoms with Crippen LogP contribution in [0, 0.1) is 0 Å². The normalized spacial score (nSPS) is 11.2. The molecule has 4 heteroatoms. The molecule has 0 fully saturated rings. The van der Waals surface area contributed by atoms with E-state index in [9.17, 15) is 0 Å². The van der Waals surface area contributed by atoms with Gasteiger partial charge in [0.1, 0.15) is 0 Å². The lowest BCUT2D eigenvalue weighted by Gasteiger charge is -2.16. The van der Waals surface area contributed by atoms with Crippen LogP contribution >= 0.6 is 15.9 Å². The first kappa shape index (κ1) is 18.9. The Balaban J connectivity index is 2.29. The minimum atomic E-state index is -1.46. The van der Waals surface area contributed by atoms with Gasteiger partial charge in [0.2, 0.25) is 0 Å². The van der Waals surface area contributed by atoms with Gasteiger partial charge in [0.05, 0.1) is 0 Å². The van der Waals surface area contributed by atoms with Crippen LogP contribution in [0.25, 0.3) is 0 Å². The van der Waals surface area contributed by atoms with Gasteiger partial charge in [-0.1, -0.05) is 54.8 Å². The number of hydrogen-bond donors (Lipinski definition) is 0. The van der Waals surface area contributed by atoms with Crippen molar-refractivity contribution in [3.63, 3.8) is 0 Å². The first-order valence-corrected chi connectivity index (χ1v) is 10.8. The van der Waals surface area contributed by atoms with E-state index in [-0.39, 0.29) is 0 Å². The summed E-state index contributed by atoms with van der Waals surface area (Å²) in [7, 11) is -1.46. The van der Waals surface area contributed by atoms with Crippen molar-refractivity contribution >= 4 is 25.2 Å². The number of aryl methyl sites for hydroxylation is 1. The fraction of sp³-hybridized carbons (Fsp3) is 0.647. The Morgan fingerprint density at radius 1 is 1.00 bits per heavy atom. The first-order chi connectivity index (χ1) is 10.3. The molecule has 0 saturated heterocycles. The molecule has 0 amide bonds. The summed E-state index contributed by atoms with van der Waals surface area (Å²) in [5.74, 6) is 0. The van der Waals surface area contributed by atoms with E-state index < -0.39 is 9.28 Å². The number of rotatable bonds is 12. The summed E-state index contributed by atoms with van der Waals surface area (Å²) in [5, 5.41) is 0. The Kier molecular flexibility index (Phi) is 11.1. The van der Waals surface area contributed by atoms with E-state index in [1.807, 2.05) is 0 Å². The van der Waals surface area contributed by atoms with Crippen molar-refractivity contribution in [3.05, 3.63) is 34.3 Å². The van der Waals surface area contributed by atoms with Crippen molar-refractivity contribution in [1.82, 2.24) is 0 Å². The largest absolute Gasteiger partial charge is 0.397 e. The van der Waals surface area contributed by atoms with E-state index >= 15 is 0 Å². The zero-order valence-electron chi connectivity index (χ0n) is 13.4. The second-order valence-electron chi connectivity index (χ2n) is 5.40. The van der Waals surface area contributed by atoms with E-state index in [4.69, 9.17) is 8.85 Å². The summed E-state index contributed by atoms with van der Waals surface area (Å²) in [5.41, 5.74) is 1.39. The Bertz CT molecular complexity index is 364. The second-order valence-corrected chi connectivity index (χ2v) is 8.42. The molecule has 1 aromatic rings. The van der Waals surface area contributed by atoms with Gasteiger partial charge in [0.15, 0.2) is 0 Å². The van der Waals surface area contributed by atoms with Crippen molar-refractivity contribution in [3.8, 4) is 0 Å². The predicted octanol–water partition coefficient (Wildman–Crippen LogP) is 5.24. The molecular weight excluding hydrogens is 344 g/mol. The quantitative estimate of drug-likeness (QED) is 0.369. The van der Waals surface area contributed by atoms with Gasteiger partial charge in [-0.15, -0.1) is 0 Å². The SMILES string of the molecule is CCCCO[SiH](CCCc1cccc(Br)c1)OCCCC. The molecule has 0 aliphatic heterocycles. The third-order valence-electron chi connectivity index (χ3n) is 3.40. The van der Waals surface area contributed by atoms with Gasteiger partial charge in [-0.3, -0.25) is 0 Å². The summed E-state index contributed by atoms with van der Waals surface area (Å²) < 4.78 is 13.2. The van der Waals surface area contributed by atoms with Crippen molar-refractivity contribution < 1.29 is 8.85 Å². The molecule has 1 aromatic carbocycles. The predicted molar refractivity (Wildman–Crippen MR) is 96.1 cm³/mol. The van der Waals surface area contributed by atoms with Crippen LogP contribution < -0.4 is 0 Å². The fourth-order valence-corrected chi connectivity index (χ4v) is 4.37. The molecule has 21 heavy (non-hydrogen) atoms. The van der Waals surface area contributed by atoms with Crippen LogP contribution in [0.4, 0.5) is 0 Å². The maximum absolute atomic E-state index is 6.00. The minimum absolute atomic E-state index is 0.871. The standard InChI is InChI=1S/C17H29BrO2Si/c1-3-5-12-19-21(20-13-6-4-2)14-8-10-16-9-7-11-17(18)15-16/h7,9,11,15,21H,3-6,8,10,12-14H2,1-2H3. The van der Waals surface area contributed by atoms with E-state index in [0.29, 0.717) is 0 Å². The van der Waals surface area contributed by atoms with E-state index in [1.165, 1.54) is 18.4 Å². The van der Waals surface area contributed by atoms with Gasteiger partial charge in [-0.2, -0.15) is 0 Å². The van der Waals surface area contributed by atoms with Crippen LogP contribution in [0.5, 0.6) is 0 Å². The minimum Gasteiger partial charge on any atom is -0.397 e. The van der Waals surface area contributed by atoms with Crippen molar-refractivity contribution in [2.45, 2.75) is 58.4 Å². The highest BCUT2D eigenvalue weighted by Gasteiger charge is 2.13. The lowest BCUT2D eigenvalue weighted by Crippen LogP contribution is -2.24. The molecule has 0 bridgehead atoms. The fourth-order valence-electron chi connectivity index (χ4n) is 2.10. The summed E-state index contributed by atoms with van der Waals surface area (Å²) in [6.45, 7) is 6.14. The van der Waals surface area contributed by atoms with Gasteiger partial charge in [-0.05, 0) is 49.4 Å². The summed E-state index contributed by atoms with van der Waals surface area (Å²) in [4.78, 5) is 0. The topological polar surface area (TPSA) is 18.5 Å². The maximum atomic E-state index is 6.00. The molecule has 0 heterocycles. The highest BCUT2D eigenvalue weighted by atomic mass is 79.9. The number of halogens is 1. The van der Waals surface area contributed by atoms with E-state index in [2.05, 4.69) is 54.0 Å². The van der Waals surface area contributed by atoms with E-state index in [0.717, 1.165) is 49.4 Å². The summed E-state index contributed by atoms with van der Waals surface area (Å²) >= 11 is 3.53. The van der Waals surface area contributed by atoms with Gasteiger partial charge < -0.3 is 8.85 Å². The van der Waals surface area contributed by atoms with Crippen LogP contribution in [-0.2, 0) is 15.3 Å². The zero-order chi connectivity index (χ0) is 15.3. The monoisotopic (exact) mass is 372 g/mol. The maximum Gasteiger partial charge on any atom is 0.321 e. The lowest BCUT2D eigenvalue weighted by atomic mass is 10.1. The third-order valence-corrected chi connectivity index (χ3v) is 5.99. The van der Waals surface area contributed by atoms with Crippen molar-refractivity contribution in [1.29, 1.82) is 0 Å². The Morgan fingerprint density at radius 2 is 1.67 bits per heavy atom. The van der Waals surface area contributed by atoms with Crippen LogP contribution in [0.2, 0.25) is 6.04 Å². The highest BCUT2D eigenvalue weighted by Crippen LogP contribution is 2.15. The van der Waals surface area contributed by atoms with Gasteiger partial charge >= 0.3 is 9.28 Å². The summed E-state index contributed by atoms with van der Waals surface area (Å²) in [6, 6.07) is 9.68. The average Bonchev–Trinajstić information content (AvgIpc) is 2.47. The van der Waals surface area contributed by atoms with Crippen LogP contribution in [-0.4, -0.2) is 22.5 Å². The molecule has 0 aliphatic rings. The zero-order valence-corrected chi connectivity index (χ0v) is 16.2. The Labute approximate surface area is 140 Å². The Morgan fingerprint density at radius 3 is 2.24 bits per heavy atom. The molecule has 1 rings (SSSR count). The second kappa shape index (κ2) is 12.4. The molecule has 120 valence electrons. The number of hydrogen-bond acceptors (Lipinski definition) is 2. The molecule has 0 radical (unpaired) electrons. The van der Waals surface area contributed by atoms with Gasteiger partial charge in [0, 0.05) is 17.7 Å². The van der Waals surface area contributed by atoms with Crippen LogP contribution in [0.3, 0.4) is 0 Å². The smallest absolute Gasteiger partial charge is 0.321 e. The molecule has 0 atom stereocenters. The van der Waals surface area contributed by atoms with E-state index in [1.54, 1.807) is 0 Å². The number of benzene rings is 1. The number of unbranched alkanes of at least 4 members (excludes halogenated alkanes) is 2. The molecule has 0 aromatic heterocycles. The van der Waals surface area contributed by atoms with Gasteiger partial charge in [0.25, 0.3) is 0 Å². The van der Waals surface area contributed by atoms with Crippen molar-refractivity contribution in [2.75, 3.05) is 13.2 Å². The van der Waals surface area contributed by atoms with Crippen molar-refractivity contribution in [2.24, 2.45) is 0 Å². The molecule has 0 N–H and O–H groups in total. The average molecular weight is 373 g/mol. The molecule has 2 nitrogen and oxygen atoms in total. The Hall–Kier alpha value is -0.163.